The lowest BCUT2D eigenvalue weighted by atomic mass is 9.42. The van der Waals surface area contributed by atoms with E-state index in [9.17, 15) is 19.8 Å². The number of hydrogen-bond acceptors (Lipinski definition) is 8. The Bertz CT molecular complexity index is 1260. The van der Waals surface area contributed by atoms with Gasteiger partial charge in [0.25, 0.3) is 0 Å². The van der Waals surface area contributed by atoms with Crippen LogP contribution in [0.2, 0.25) is 0 Å². The first-order valence-corrected chi connectivity index (χ1v) is 15.2. The molecule has 4 aliphatic rings. The Balaban J connectivity index is 1.61. The number of benzene rings is 1. The van der Waals surface area contributed by atoms with Crippen molar-refractivity contribution in [3.05, 3.63) is 47.0 Å². The van der Waals surface area contributed by atoms with Crippen molar-refractivity contribution in [2.45, 2.75) is 103 Å². The van der Waals surface area contributed by atoms with Crippen molar-refractivity contribution in [3.8, 4) is 0 Å². The van der Waals surface area contributed by atoms with Gasteiger partial charge in [0.15, 0.2) is 5.78 Å². The summed E-state index contributed by atoms with van der Waals surface area (Å²) in [4.78, 5) is 28.4. The van der Waals surface area contributed by atoms with Crippen molar-refractivity contribution in [2.24, 2.45) is 28.6 Å². The average Bonchev–Trinajstić information content (AvgIpc) is 2.96. The Morgan fingerprint density at radius 1 is 1.07 bits per heavy atom. The second kappa shape index (κ2) is 10.5. The molecule has 5 rings (SSSR count). The monoisotopic (exact) mass is 584 g/mol. The number of carbonyl (C=O) groups is 2. The Morgan fingerprint density at radius 3 is 2.26 bits per heavy atom. The fraction of sp³-hybridized carbons (Fsp3) is 0.706. The van der Waals surface area contributed by atoms with E-state index in [0.29, 0.717) is 12.0 Å². The lowest BCUT2D eigenvalue weighted by Crippen LogP contribution is -2.79. The fourth-order valence-corrected chi connectivity index (χ4v) is 9.12. The number of carbonyl (C=O) groups excluding carboxylic acids is 2. The van der Waals surface area contributed by atoms with Gasteiger partial charge in [-0.25, -0.2) is 0 Å². The standard InChI is InChI=1S/C34H48O8/c1-18(22-13-11-10-12-14-22)19(2)30(36)42-23-16-34(38)21(4)28-32(7,24(39-8)15-25-33(28,37)17-41-25)29(35)27(40-9)26(20(23)3)31(34,5)6/h10-14,18-19,21,23-25,27-28,37-38H,15-17H2,1-9H3. The van der Waals surface area contributed by atoms with Crippen molar-refractivity contribution < 1.29 is 38.7 Å². The maximum atomic E-state index is 14.8. The molecule has 11 atom stereocenters. The Morgan fingerprint density at radius 2 is 1.71 bits per heavy atom. The fourth-order valence-electron chi connectivity index (χ4n) is 9.12. The smallest absolute Gasteiger partial charge is 0.309 e. The SMILES string of the molecule is COC1C(=O)C2(C)C(OC)CC3OCC3(O)C2C(C)C2(O)CC(OC(=O)C(C)C(C)c3ccccc3)C(C)=C1C2(C)C. The van der Waals surface area contributed by atoms with Crippen molar-refractivity contribution in [2.75, 3.05) is 20.8 Å². The first-order valence-electron chi connectivity index (χ1n) is 15.2. The van der Waals surface area contributed by atoms with Gasteiger partial charge in [-0.05, 0) is 42.4 Å². The number of hydrogen-bond donors (Lipinski definition) is 2. The van der Waals surface area contributed by atoms with Crippen molar-refractivity contribution >= 4 is 11.8 Å². The summed E-state index contributed by atoms with van der Waals surface area (Å²) in [6, 6.07) is 9.84. The molecule has 2 bridgehead atoms. The average molecular weight is 585 g/mol. The molecule has 2 saturated carbocycles. The first kappa shape index (κ1) is 31.3. The molecule has 8 heteroatoms. The van der Waals surface area contributed by atoms with E-state index in [1.807, 2.05) is 78.8 Å². The van der Waals surface area contributed by atoms with Crippen LogP contribution < -0.4 is 0 Å². The number of fused-ring (bicyclic) bond motifs is 5. The van der Waals surface area contributed by atoms with Crippen LogP contribution in [-0.2, 0) is 28.5 Å². The van der Waals surface area contributed by atoms with Gasteiger partial charge in [-0.15, -0.1) is 0 Å². The zero-order valence-electron chi connectivity index (χ0n) is 26.5. The Labute approximate surface area is 249 Å². The highest BCUT2D eigenvalue weighted by molar-refractivity contribution is 5.93. The molecular formula is C34H48O8. The molecule has 232 valence electrons. The minimum atomic E-state index is -1.46. The summed E-state index contributed by atoms with van der Waals surface area (Å²) in [6.45, 7) is 13.4. The highest BCUT2D eigenvalue weighted by atomic mass is 16.6. The number of ketones is 1. The third-order valence-electron chi connectivity index (χ3n) is 12.0. The zero-order valence-corrected chi connectivity index (χ0v) is 26.5. The van der Waals surface area contributed by atoms with Gasteiger partial charge in [0, 0.05) is 38.4 Å². The van der Waals surface area contributed by atoms with E-state index < -0.39 is 64.2 Å². The molecule has 3 aliphatic carbocycles. The second-order valence-electron chi connectivity index (χ2n) is 14.0. The highest BCUT2D eigenvalue weighted by Crippen LogP contribution is 2.65. The lowest BCUT2D eigenvalue weighted by molar-refractivity contribution is -0.337. The van der Waals surface area contributed by atoms with Gasteiger partial charge < -0.3 is 29.2 Å². The van der Waals surface area contributed by atoms with Crippen LogP contribution in [0.25, 0.3) is 0 Å². The van der Waals surface area contributed by atoms with E-state index in [2.05, 4.69) is 0 Å². The minimum absolute atomic E-state index is 0.0776. The van der Waals surface area contributed by atoms with Crippen molar-refractivity contribution in [1.82, 2.24) is 0 Å². The zero-order chi connectivity index (χ0) is 31.0. The van der Waals surface area contributed by atoms with Crippen LogP contribution in [0.5, 0.6) is 0 Å². The van der Waals surface area contributed by atoms with Crippen LogP contribution in [0.1, 0.15) is 72.8 Å². The van der Waals surface area contributed by atoms with Gasteiger partial charge in [0.2, 0.25) is 0 Å². The van der Waals surface area contributed by atoms with Gasteiger partial charge in [-0.2, -0.15) is 0 Å². The second-order valence-corrected chi connectivity index (χ2v) is 14.0. The Hall–Kier alpha value is -2.10. The maximum absolute atomic E-state index is 14.8. The summed E-state index contributed by atoms with van der Waals surface area (Å²) in [5.74, 6) is -2.35. The molecular weight excluding hydrogens is 536 g/mol. The normalized spacial score (nSPS) is 42.3. The Kier molecular flexibility index (Phi) is 7.84. The van der Waals surface area contributed by atoms with Gasteiger partial charge >= 0.3 is 5.97 Å². The number of methoxy groups -OCH3 is 2. The third-order valence-corrected chi connectivity index (χ3v) is 12.0. The van der Waals surface area contributed by atoms with E-state index in [1.165, 1.54) is 7.11 Å². The van der Waals surface area contributed by atoms with Crippen LogP contribution in [0.3, 0.4) is 0 Å². The predicted molar refractivity (Wildman–Crippen MR) is 157 cm³/mol. The summed E-state index contributed by atoms with van der Waals surface area (Å²) in [5, 5.41) is 25.0. The van der Waals surface area contributed by atoms with Crippen LogP contribution >= 0.6 is 0 Å². The number of esters is 1. The van der Waals surface area contributed by atoms with E-state index >= 15 is 0 Å². The quantitative estimate of drug-likeness (QED) is 0.378. The van der Waals surface area contributed by atoms with E-state index in [4.69, 9.17) is 18.9 Å². The highest BCUT2D eigenvalue weighted by Gasteiger charge is 2.74. The largest absolute Gasteiger partial charge is 0.457 e. The first-order chi connectivity index (χ1) is 19.6. The molecule has 11 unspecified atom stereocenters. The molecule has 0 aromatic heterocycles. The molecule has 0 radical (unpaired) electrons. The molecule has 1 saturated heterocycles. The lowest BCUT2D eigenvalue weighted by Gasteiger charge is -2.68. The van der Waals surface area contributed by atoms with Gasteiger partial charge in [-0.3, -0.25) is 9.59 Å². The van der Waals surface area contributed by atoms with E-state index in [1.54, 1.807) is 7.11 Å². The molecule has 1 heterocycles. The van der Waals surface area contributed by atoms with Gasteiger partial charge in [-0.1, -0.05) is 65.0 Å². The topological polar surface area (TPSA) is 112 Å². The summed E-state index contributed by atoms with van der Waals surface area (Å²) in [5.41, 5.74) is -2.48. The summed E-state index contributed by atoms with van der Waals surface area (Å²) >= 11 is 0. The number of aliphatic hydroxyl groups is 2. The summed E-state index contributed by atoms with van der Waals surface area (Å²) in [6.07, 6.45) is -2.33. The molecule has 2 N–H and O–H groups in total. The van der Waals surface area contributed by atoms with E-state index in [0.717, 1.165) is 11.1 Å². The van der Waals surface area contributed by atoms with Crippen LogP contribution in [-0.4, -0.2) is 78.4 Å². The third kappa shape index (κ3) is 4.12. The van der Waals surface area contributed by atoms with E-state index in [-0.39, 0.29) is 30.7 Å². The van der Waals surface area contributed by atoms with Gasteiger partial charge in [0.1, 0.15) is 17.8 Å². The number of rotatable bonds is 6. The van der Waals surface area contributed by atoms with Crippen LogP contribution in [0.15, 0.2) is 41.5 Å². The molecule has 0 amide bonds. The molecule has 1 aromatic rings. The van der Waals surface area contributed by atoms with Crippen molar-refractivity contribution in [1.29, 1.82) is 0 Å². The van der Waals surface area contributed by atoms with Crippen LogP contribution in [0.4, 0.5) is 0 Å². The number of ether oxygens (including phenoxy) is 4. The van der Waals surface area contributed by atoms with Crippen molar-refractivity contribution in [3.63, 3.8) is 0 Å². The minimum Gasteiger partial charge on any atom is -0.457 e. The molecule has 3 fully saturated rings. The summed E-state index contributed by atoms with van der Waals surface area (Å²) in [7, 11) is 3.07. The molecule has 1 aromatic carbocycles. The predicted octanol–water partition coefficient (Wildman–Crippen LogP) is 4.22. The van der Waals surface area contributed by atoms with Gasteiger partial charge in [0.05, 0.1) is 35.7 Å². The molecule has 8 nitrogen and oxygen atoms in total. The maximum Gasteiger partial charge on any atom is 0.309 e. The number of Topliss-reactive ketones (excluding diaryl/α,β-unsaturated/α-hetero) is 1. The van der Waals surface area contributed by atoms with Crippen LogP contribution in [0, 0.1) is 28.6 Å². The summed E-state index contributed by atoms with van der Waals surface area (Å²) < 4.78 is 24.0. The molecule has 0 spiro atoms. The molecule has 1 aliphatic heterocycles. The molecule has 42 heavy (non-hydrogen) atoms.